The van der Waals surface area contributed by atoms with Gasteiger partial charge in [-0.1, -0.05) is 41.4 Å². The summed E-state index contributed by atoms with van der Waals surface area (Å²) in [6.07, 6.45) is 2.91. The van der Waals surface area contributed by atoms with E-state index >= 15 is 0 Å². The molecule has 0 fully saturated rings. The van der Waals surface area contributed by atoms with Crippen LogP contribution in [0, 0.1) is 10.1 Å². The number of benzene rings is 1. The fourth-order valence-corrected chi connectivity index (χ4v) is 3.33. The first kappa shape index (κ1) is 17.6. The van der Waals surface area contributed by atoms with E-state index in [2.05, 4.69) is 10.3 Å². The van der Waals surface area contributed by atoms with Crippen molar-refractivity contribution in [3.63, 3.8) is 0 Å². The molecule has 1 aromatic carbocycles. The van der Waals surface area contributed by atoms with Crippen LogP contribution in [0.15, 0.2) is 52.4 Å². The molecule has 1 aromatic heterocycles. The van der Waals surface area contributed by atoms with Gasteiger partial charge in [0, 0.05) is 38.4 Å². The van der Waals surface area contributed by atoms with Crippen LogP contribution in [0.5, 0.6) is 0 Å². The van der Waals surface area contributed by atoms with Gasteiger partial charge >= 0.3 is 0 Å². The highest BCUT2D eigenvalue weighted by atomic mass is 35.5. The van der Waals surface area contributed by atoms with Crippen molar-refractivity contribution in [3.05, 3.63) is 67.5 Å². The highest BCUT2D eigenvalue weighted by molar-refractivity contribution is 7.14. The molecule has 1 amide bonds. The Labute approximate surface area is 156 Å². The number of halogens is 2. The molecule has 2 aromatic rings. The van der Waals surface area contributed by atoms with Gasteiger partial charge in [0.2, 0.25) is 6.04 Å². The van der Waals surface area contributed by atoms with Crippen LogP contribution >= 0.6 is 34.5 Å². The van der Waals surface area contributed by atoms with Crippen LogP contribution < -0.4 is 5.32 Å². The van der Waals surface area contributed by atoms with Gasteiger partial charge in [0.15, 0.2) is 5.13 Å². The fourth-order valence-electron chi connectivity index (χ4n) is 2.25. The highest BCUT2D eigenvalue weighted by Crippen LogP contribution is 2.28. The molecule has 0 bridgehead atoms. The summed E-state index contributed by atoms with van der Waals surface area (Å²) < 4.78 is 0. The van der Waals surface area contributed by atoms with Gasteiger partial charge < -0.3 is 0 Å². The van der Waals surface area contributed by atoms with Crippen molar-refractivity contribution in [1.82, 2.24) is 4.98 Å². The van der Waals surface area contributed by atoms with Crippen molar-refractivity contribution in [1.29, 1.82) is 0 Å². The Bertz CT molecular complexity index is 890. The maximum absolute atomic E-state index is 12.4. The highest BCUT2D eigenvalue weighted by Gasteiger charge is 2.26. The number of carbonyl (C=O) groups is 1. The zero-order chi connectivity index (χ0) is 18.0. The normalized spacial score (nSPS) is 16.8. The second-order valence-corrected chi connectivity index (χ2v) is 6.92. The molecule has 1 aliphatic carbocycles. The van der Waals surface area contributed by atoms with E-state index < -0.39 is 16.9 Å². The van der Waals surface area contributed by atoms with Crippen molar-refractivity contribution >= 4 is 45.6 Å². The van der Waals surface area contributed by atoms with Crippen molar-refractivity contribution in [2.24, 2.45) is 0 Å². The number of carbonyl (C=O) groups excluding carboxylic acids is 1. The molecule has 9 heteroatoms. The Kier molecular flexibility index (Phi) is 5.17. The molecule has 1 heterocycles. The van der Waals surface area contributed by atoms with E-state index in [1.54, 1.807) is 17.5 Å². The zero-order valence-corrected chi connectivity index (χ0v) is 14.9. The number of anilines is 1. The van der Waals surface area contributed by atoms with Crippen molar-refractivity contribution in [2.75, 3.05) is 5.32 Å². The summed E-state index contributed by atoms with van der Waals surface area (Å²) >= 11 is 13.1. The van der Waals surface area contributed by atoms with E-state index in [9.17, 15) is 14.9 Å². The number of amides is 1. The average molecular weight is 396 g/mol. The Morgan fingerprint density at radius 1 is 1.32 bits per heavy atom. The lowest BCUT2D eigenvalue weighted by Gasteiger charge is -2.13. The molecule has 0 aliphatic heterocycles. The minimum Gasteiger partial charge on any atom is -0.298 e. The molecule has 6 nitrogen and oxygen atoms in total. The molecular formula is C16H11Cl2N3O3S. The van der Waals surface area contributed by atoms with E-state index in [0.29, 0.717) is 15.8 Å². The van der Waals surface area contributed by atoms with Crippen LogP contribution in [0.25, 0.3) is 11.3 Å². The van der Waals surface area contributed by atoms with E-state index in [1.165, 1.54) is 23.5 Å². The van der Waals surface area contributed by atoms with Gasteiger partial charge in [-0.05, 0) is 12.1 Å². The van der Waals surface area contributed by atoms with Crippen LogP contribution in [0.1, 0.15) is 6.42 Å². The standard InChI is InChI=1S/C16H11Cl2N3O3S/c17-10-3-1-9(2-4-10)14-8-25-16(19-14)20-15(22)12-7-11(21(23)24)5-6-13(12)18/h1-4,6-8,11H,5H2,(H,19,20,22). The van der Waals surface area contributed by atoms with Crippen LogP contribution in [-0.2, 0) is 4.79 Å². The molecule has 3 rings (SSSR count). The summed E-state index contributed by atoms with van der Waals surface area (Å²) in [4.78, 5) is 27.2. The van der Waals surface area contributed by atoms with Gasteiger partial charge in [0.1, 0.15) is 0 Å². The third-order valence-electron chi connectivity index (χ3n) is 3.53. The second kappa shape index (κ2) is 7.35. The largest absolute Gasteiger partial charge is 0.298 e. The fraction of sp³-hybridized carbons (Fsp3) is 0.125. The molecule has 0 saturated carbocycles. The average Bonchev–Trinajstić information content (AvgIpc) is 3.04. The zero-order valence-electron chi connectivity index (χ0n) is 12.6. The quantitative estimate of drug-likeness (QED) is 0.609. The Balaban J connectivity index is 1.76. The smallest absolute Gasteiger partial charge is 0.258 e. The second-order valence-electron chi connectivity index (χ2n) is 5.22. The molecule has 0 saturated heterocycles. The summed E-state index contributed by atoms with van der Waals surface area (Å²) in [7, 11) is 0. The van der Waals surface area contributed by atoms with Gasteiger partial charge in [-0.25, -0.2) is 4.98 Å². The van der Waals surface area contributed by atoms with E-state index in [4.69, 9.17) is 23.2 Å². The number of rotatable bonds is 4. The molecule has 1 aliphatic rings. The van der Waals surface area contributed by atoms with E-state index in [-0.39, 0.29) is 17.0 Å². The first-order valence-electron chi connectivity index (χ1n) is 7.18. The summed E-state index contributed by atoms with van der Waals surface area (Å²) in [6, 6.07) is 6.21. The van der Waals surface area contributed by atoms with Gasteiger partial charge in [-0.2, -0.15) is 0 Å². The van der Waals surface area contributed by atoms with Crippen LogP contribution in [0.2, 0.25) is 5.02 Å². The lowest BCUT2D eigenvalue weighted by molar-refractivity contribution is -0.508. The molecular weight excluding hydrogens is 385 g/mol. The van der Waals surface area contributed by atoms with Gasteiger partial charge in [0.05, 0.1) is 11.3 Å². The van der Waals surface area contributed by atoms with Crippen molar-refractivity contribution < 1.29 is 9.72 Å². The maximum atomic E-state index is 12.4. The third kappa shape index (κ3) is 4.07. The molecule has 0 radical (unpaired) electrons. The number of thiazole rings is 1. The molecule has 25 heavy (non-hydrogen) atoms. The topological polar surface area (TPSA) is 85.1 Å². The number of nitrogens with one attached hydrogen (secondary N) is 1. The molecule has 1 unspecified atom stereocenters. The van der Waals surface area contributed by atoms with Crippen molar-refractivity contribution in [2.45, 2.75) is 12.5 Å². The predicted octanol–water partition coefficient (Wildman–Crippen LogP) is 4.50. The first-order chi connectivity index (χ1) is 11.9. The molecule has 1 atom stereocenters. The van der Waals surface area contributed by atoms with E-state index in [0.717, 1.165) is 5.56 Å². The minimum atomic E-state index is -0.954. The van der Waals surface area contributed by atoms with Gasteiger partial charge in [0.25, 0.3) is 5.91 Å². The Morgan fingerprint density at radius 2 is 2.04 bits per heavy atom. The summed E-state index contributed by atoms with van der Waals surface area (Å²) in [6.45, 7) is 0. The Hall–Kier alpha value is -2.22. The number of hydrogen-bond donors (Lipinski definition) is 1. The lowest BCUT2D eigenvalue weighted by atomic mass is 10.0. The lowest BCUT2D eigenvalue weighted by Crippen LogP contribution is -2.23. The molecule has 128 valence electrons. The number of hydrogen-bond acceptors (Lipinski definition) is 5. The summed E-state index contributed by atoms with van der Waals surface area (Å²) in [5.41, 5.74) is 1.64. The van der Waals surface area contributed by atoms with Gasteiger partial charge in [-0.15, -0.1) is 11.3 Å². The predicted molar refractivity (Wildman–Crippen MR) is 98.6 cm³/mol. The van der Waals surface area contributed by atoms with E-state index in [1.807, 2.05) is 12.1 Å². The monoisotopic (exact) mass is 395 g/mol. The number of nitrogens with zero attached hydrogens (tertiary/aromatic N) is 2. The van der Waals surface area contributed by atoms with Crippen LogP contribution in [0.3, 0.4) is 0 Å². The first-order valence-corrected chi connectivity index (χ1v) is 8.82. The van der Waals surface area contributed by atoms with Gasteiger partial charge in [-0.3, -0.25) is 20.2 Å². The van der Waals surface area contributed by atoms with Crippen LogP contribution in [-0.4, -0.2) is 21.9 Å². The number of nitro groups is 1. The Morgan fingerprint density at radius 3 is 2.72 bits per heavy atom. The SMILES string of the molecule is O=C(Nc1nc(-c2ccc(Cl)cc2)cs1)C1=CC([N+](=O)[O-])CC=C1Cl. The number of aromatic nitrogens is 1. The maximum Gasteiger partial charge on any atom is 0.258 e. The summed E-state index contributed by atoms with van der Waals surface area (Å²) in [5.74, 6) is -0.523. The summed E-state index contributed by atoms with van der Waals surface area (Å²) in [5, 5.41) is 16.5. The van der Waals surface area contributed by atoms with Crippen LogP contribution in [0.4, 0.5) is 5.13 Å². The van der Waals surface area contributed by atoms with Crippen molar-refractivity contribution in [3.8, 4) is 11.3 Å². The molecule has 0 spiro atoms. The minimum absolute atomic E-state index is 0.0814. The molecule has 1 N–H and O–H groups in total. The third-order valence-corrected chi connectivity index (χ3v) is 4.90.